The molecule has 1 aliphatic carbocycles. The van der Waals surface area contributed by atoms with Crippen molar-refractivity contribution in [2.75, 3.05) is 12.4 Å². The second-order valence-electron chi connectivity index (χ2n) is 6.96. The molecule has 1 aliphatic rings. The van der Waals surface area contributed by atoms with Crippen molar-refractivity contribution in [1.82, 2.24) is 19.7 Å². The van der Waals surface area contributed by atoms with Crippen molar-refractivity contribution in [3.8, 4) is 5.75 Å². The molecule has 0 unspecified atom stereocenters. The molecule has 1 aromatic carbocycles. The Bertz CT molecular complexity index is 976. The predicted octanol–water partition coefficient (Wildman–Crippen LogP) is 3.90. The first-order valence-electron chi connectivity index (χ1n) is 9.32. The maximum absolute atomic E-state index is 12.5. The fraction of sp³-hybridized carbons (Fsp3) is 0.400. The molecule has 7 heteroatoms. The number of nitrogens with one attached hydrogen (secondary N) is 1. The van der Waals surface area contributed by atoms with Gasteiger partial charge < -0.3 is 10.1 Å². The molecule has 1 saturated carbocycles. The van der Waals surface area contributed by atoms with Gasteiger partial charge in [0, 0.05) is 23.8 Å². The Morgan fingerprint density at radius 3 is 2.81 bits per heavy atom. The molecular formula is C20H23N5O2. The van der Waals surface area contributed by atoms with Crippen LogP contribution in [-0.2, 0) is 0 Å². The van der Waals surface area contributed by atoms with E-state index in [-0.39, 0.29) is 5.91 Å². The van der Waals surface area contributed by atoms with Crippen molar-refractivity contribution in [3.63, 3.8) is 0 Å². The number of anilines is 1. The molecule has 7 nitrogen and oxygen atoms in total. The normalized spacial score (nSPS) is 15.0. The molecule has 140 valence electrons. The Morgan fingerprint density at radius 1 is 1.26 bits per heavy atom. The summed E-state index contributed by atoms with van der Waals surface area (Å²) in [5.41, 5.74) is 1.80. The van der Waals surface area contributed by atoms with E-state index in [1.807, 2.05) is 12.1 Å². The number of fused-ring (bicyclic) bond motifs is 1. The number of ether oxygens (including phenoxy) is 1. The smallest absolute Gasteiger partial charge is 0.274 e. The highest BCUT2D eigenvalue weighted by Gasteiger charge is 2.18. The monoisotopic (exact) mass is 365 g/mol. The van der Waals surface area contributed by atoms with Crippen molar-refractivity contribution in [3.05, 3.63) is 42.1 Å². The lowest BCUT2D eigenvalue weighted by Crippen LogP contribution is -2.15. The van der Waals surface area contributed by atoms with E-state index in [0.717, 1.165) is 10.9 Å². The molecule has 27 heavy (non-hydrogen) atoms. The van der Waals surface area contributed by atoms with Crippen LogP contribution in [0, 0.1) is 6.92 Å². The number of hydrogen-bond acceptors (Lipinski definition) is 5. The number of aryl methyl sites for hydroxylation is 1. The molecule has 1 amide bonds. The minimum atomic E-state index is -0.294. The second kappa shape index (κ2) is 7.34. The van der Waals surface area contributed by atoms with Crippen LogP contribution < -0.4 is 10.1 Å². The Morgan fingerprint density at radius 2 is 2.07 bits per heavy atom. The van der Waals surface area contributed by atoms with Crippen molar-refractivity contribution in [2.24, 2.45) is 0 Å². The van der Waals surface area contributed by atoms with Gasteiger partial charge in [0.25, 0.3) is 5.91 Å². The van der Waals surface area contributed by atoms with E-state index in [0.29, 0.717) is 29.0 Å². The topological polar surface area (TPSA) is 81.9 Å². The fourth-order valence-electron chi connectivity index (χ4n) is 3.64. The number of carbonyl (C=O) groups is 1. The van der Waals surface area contributed by atoms with Crippen molar-refractivity contribution in [1.29, 1.82) is 0 Å². The minimum Gasteiger partial charge on any atom is -0.494 e. The Labute approximate surface area is 157 Å². The third-order valence-corrected chi connectivity index (χ3v) is 5.05. The van der Waals surface area contributed by atoms with Crippen LogP contribution >= 0.6 is 0 Å². The first-order chi connectivity index (χ1) is 13.1. The van der Waals surface area contributed by atoms with Crippen LogP contribution in [0.15, 0.2) is 30.6 Å². The number of aromatic nitrogens is 4. The summed E-state index contributed by atoms with van der Waals surface area (Å²) in [4.78, 5) is 20.7. The number of carbonyl (C=O) groups excluding carboxylic acids is 1. The lowest BCUT2D eigenvalue weighted by Gasteiger charge is -2.21. The summed E-state index contributed by atoms with van der Waals surface area (Å²) in [7, 11) is 1.59. The number of hydrogen-bond donors (Lipinski definition) is 1. The molecule has 0 radical (unpaired) electrons. The Kier molecular flexibility index (Phi) is 4.75. The zero-order valence-corrected chi connectivity index (χ0v) is 15.6. The molecule has 1 N–H and O–H groups in total. The van der Waals surface area contributed by atoms with Gasteiger partial charge in [0.15, 0.2) is 0 Å². The zero-order chi connectivity index (χ0) is 18.8. The first-order valence-corrected chi connectivity index (χ1v) is 9.32. The quantitative estimate of drug-likeness (QED) is 0.758. The highest BCUT2D eigenvalue weighted by atomic mass is 16.5. The number of amides is 1. The Hall–Kier alpha value is -2.96. The van der Waals surface area contributed by atoms with Gasteiger partial charge in [0.05, 0.1) is 24.4 Å². The average Bonchev–Trinajstić information content (AvgIpc) is 3.11. The highest BCUT2D eigenvalue weighted by molar-refractivity contribution is 6.05. The summed E-state index contributed by atoms with van der Waals surface area (Å²) < 4.78 is 7.54. The van der Waals surface area contributed by atoms with Gasteiger partial charge in [-0.25, -0.2) is 9.97 Å². The first kappa shape index (κ1) is 17.5. The summed E-state index contributed by atoms with van der Waals surface area (Å²) in [5, 5.41) is 8.62. The second-order valence-corrected chi connectivity index (χ2v) is 6.96. The molecule has 2 heterocycles. The zero-order valence-electron chi connectivity index (χ0n) is 15.6. The largest absolute Gasteiger partial charge is 0.494 e. The van der Waals surface area contributed by atoms with Crippen LogP contribution in [0.4, 0.5) is 5.69 Å². The van der Waals surface area contributed by atoms with Crippen molar-refractivity contribution in [2.45, 2.75) is 45.1 Å². The number of rotatable bonds is 4. The summed E-state index contributed by atoms with van der Waals surface area (Å²) in [6, 6.07) is 5.83. The predicted molar refractivity (Wildman–Crippen MR) is 103 cm³/mol. The summed E-state index contributed by atoms with van der Waals surface area (Å²) in [6.45, 7) is 1.75. The fourth-order valence-corrected chi connectivity index (χ4v) is 3.64. The van der Waals surface area contributed by atoms with E-state index >= 15 is 0 Å². The lowest BCUT2D eigenvalue weighted by atomic mass is 9.96. The van der Waals surface area contributed by atoms with Crippen LogP contribution in [0.5, 0.6) is 5.75 Å². The molecule has 4 rings (SSSR count). The summed E-state index contributed by atoms with van der Waals surface area (Å²) >= 11 is 0. The molecule has 0 saturated heterocycles. The molecule has 0 aliphatic heterocycles. The molecule has 2 aromatic heterocycles. The van der Waals surface area contributed by atoms with Gasteiger partial charge in [-0.1, -0.05) is 19.3 Å². The molecular weight excluding hydrogens is 342 g/mol. The van der Waals surface area contributed by atoms with Gasteiger partial charge in [-0.15, -0.1) is 0 Å². The molecule has 3 aromatic rings. The van der Waals surface area contributed by atoms with Crippen LogP contribution in [0.3, 0.4) is 0 Å². The van der Waals surface area contributed by atoms with E-state index in [1.165, 1.54) is 32.1 Å². The van der Waals surface area contributed by atoms with Crippen molar-refractivity contribution < 1.29 is 9.53 Å². The standard InChI is InChI=1S/C20H23N5O2/c1-13-21-9-8-16(22-13)20(26)23-18-10-14-12-25(15-6-4-3-5-7-15)24-17(14)11-19(18)27-2/h8-12,15H,3-7H2,1-2H3,(H,23,26). The van der Waals surface area contributed by atoms with E-state index in [4.69, 9.17) is 9.84 Å². The summed E-state index contributed by atoms with van der Waals surface area (Å²) in [5.74, 6) is 0.840. The van der Waals surface area contributed by atoms with Gasteiger partial charge in [-0.2, -0.15) is 5.10 Å². The van der Waals surface area contributed by atoms with Gasteiger partial charge >= 0.3 is 0 Å². The van der Waals surface area contributed by atoms with Crippen LogP contribution in [0.1, 0.15) is 54.5 Å². The maximum atomic E-state index is 12.5. The van der Waals surface area contributed by atoms with Crippen LogP contribution in [0.25, 0.3) is 10.9 Å². The van der Waals surface area contributed by atoms with E-state index in [1.54, 1.807) is 26.3 Å². The molecule has 0 spiro atoms. The number of benzene rings is 1. The average molecular weight is 365 g/mol. The number of nitrogens with zero attached hydrogens (tertiary/aromatic N) is 4. The van der Waals surface area contributed by atoms with Crippen molar-refractivity contribution >= 4 is 22.5 Å². The lowest BCUT2D eigenvalue weighted by molar-refractivity contribution is 0.102. The maximum Gasteiger partial charge on any atom is 0.274 e. The molecule has 0 atom stereocenters. The number of methoxy groups -OCH3 is 1. The van der Waals surface area contributed by atoms with Gasteiger partial charge in [0.1, 0.15) is 17.3 Å². The third-order valence-electron chi connectivity index (χ3n) is 5.05. The minimum absolute atomic E-state index is 0.294. The van der Waals surface area contributed by atoms with E-state index < -0.39 is 0 Å². The van der Waals surface area contributed by atoms with Gasteiger partial charge in [0.2, 0.25) is 0 Å². The van der Waals surface area contributed by atoms with Gasteiger partial charge in [-0.3, -0.25) is 9.48 Å². The molecule has 1 fully saturated rings. The SMILES string of the molecule is COc1cc2nn(C3CCCCC3)cc2cc1NC(=O)c1ccnc(C)n1. The van der Waals surface area contributed by atoms with Crippen LogP contribution in [-0.4, -0.2) is 32.8 Å². The third kappa shape index (κ3) is 3.63. The van der Waals surface area contributed by atoms with E-state index in [2.05, 4.69) is 26.2 Å². The van der Waals surface area contributed by atoms with Crippen LogP contribution in [0.2, 0.25) is 0 Å². The Balaban J connectivity index is 1.64. The molecule has 0 bridgehead atoms. The van der Waals surface area contributed by atoms with E-state index in [9.17, 15) is 4.79 Å². The van der Waals surface area contributed by atoms with Gasteiger partial charge in [-0.05, 0) is 31.9 Å². The highest BCUT2D eigenvalue weighted by Crippen LogP contribution is 2.33. The summed E-state index contributed by atoms with van der Waals surface area (Å²) in [6.07, 6.45) is 9.79.